The number of sulfonamides is 1. The summed E-state index contributed by atoms with van der Waals surface area (Å²) >= 11 is 0. The number of hydrogen-bond acceptors (Lipinski definition) is 5. The third kappa shape index (κ3) is 8.27. The van der Waals surface area contributed by atoms with Crippen LogP contribution >= 0.6 is 0 Å². The van der Waals surface area contributed by atoms with Gasteiger partial charge in [0.2, 0.25) is 11.8 Å². The Morgan fingerprint density at radius 3 is 2.11 bits per heavy atom. The number of amides is 2. The maximum absolute atomic E-state index is 15.0. The monoisotopic (exact) mass is 631 g/mol. The zero-order chi connectivity index (χ0) is 32.4. The minimum absolute atomic E-state index is 0.0280. The molecule has 4 rings (SSSR count). The highest BCUT2D eigenvalue weighted by Crippen LogP contribution is 2.32. The van der Waals surface area contributed by atoms with E-state index in [9.17, 15) is 18.0 Å². The van der Waals surface area contributed by atoms with Gasteiger partial charge in [-0.25, -0.2) is 12.8 Å². The highest BCUT2D eigenvalue weighted by Gasteiger charge is 2.36. The van der Waals surface area contributed by atoms with Crippen LogP contribution in [0.2, 0.25) is 0 Å². The molecule has 8 nitrogen and oxygen atoms in total. The third-order valence-corrected chi connectivity index (χ3v) is 9.31. The van der Waals surface area contributed by atoms with E-state index in [1.807, 2.05) is 44.2 Å². The number of carbonyl (C=O) groups is 2. The maximum Gasteiger partial charge on any atom is 0.264 e. The second-order valence-corrected chi connectivity index (χ2v) is 12.5. The first-order valence-corrected chi connectivity index (χ1v) is 16.2. The van der Waals surface area contributed by atoms with Crippen molar-refractivity contribution in [1.29, 1.82) is 0 Å². The molecule has 45 heavy (non-hydrogen) atoms. The van der Waals surface area contributed by atoms with Gasteiger partial charge >= 0.3 is 0 Å². The molecule has 2 unspecified atom stereocenters. The van der Waals surface area contributed by atoms with E-state index < -0.39 is 40.2 Å². The van der Waals surface area contributed by atoms with E-state index in [1.165, 1.54) is 36.3 Å². The highest BCUT2D eigenvalue weighted by molar-refractivity contribution is 7.92. The molecule has 10 heteroatoms. The molecular formula is C35H38FN3O5S. The Morgan fingerprint density at radius 2 is 1.47 bits per heavy atom. The summed E-state index contributed by atoms with van der Waals surface area (Å²) in [5.74, 6) is -1.42. The van der Waals surface area contributed by atoms with Gasteiger partial charge in [-0.1, -0.05) is 85.8 Å². The molecule has 0 saturated heterocycles. The van der Waals surface area contributed by atoms with Crippen LogP contribution in [-0.4, -0.2) is 50.9 Å². The summed E-state index contributed by atoms with van der Waals surface area (Å²) in [4.78, 5) is 29.6. The van der Waals surface area contributed by atoms with Crippen molar-refractivity contribution in [3.8, 4) is 5.75 Å². The molecule has 0 aromatic heterocycles. The number of benzene rings is 4. The Hall–Kier alpha value is -4.70. The zero-order valence-electron chi connectivity index (χ0n) is 25.6. The van der Waals surface area contributed by atoms with Gasteiger partial charge in [-0.3, -0.25) is 13.9 Å². The Bertz CT molecular complexity index is 1690. The predicted molar refractivity (Wildman–Crippen MR) is 173 cm³/mol. The van der Waals surface area contributed by atoms with Crippen LogP contribution < -0.4 is 14.4 Å². The fourth-order valence-corrected chi connectivity index (χ4v) is 6.32. The van der Waals surface area contributed by atoms with E-state index in [4.69, 9.17) is 4.74 Å². The Labute approximate surface area is 264 Å². The van der Waals surface area contributed by atoms with Crippen molar-refractivity contribution in [2.45, 2.75) is 50.2 Å². The molecule has 0 radical (unpaired) electrons. The highest BCUT2D eigenvalue weighted by atomic mass is 32.2. The number of carbonyl (C=O) groups excluding carboxylic acids is 2. The standard InChI is InChI=1S/C35H38FN3O5S/c1-4-26(2)37-35(41)32(23-27-15-7-5-8-16-27)38(24-28-17-11-12-20-30(28)36)34(40)25-39(31-21-13-14-22-33(31)44-3)45(42,43)29-18-9-6-10-19-29/h5-22,26,32H,4,23-25H2,1-3H3,(H,37,41). The third-order valence-electron chi connectivity index (χ3n) is 7.53. The molecule has 0 saturated carbocycles. The van der Waals surface area contributed by atoms with Crippen molar-refractivity contribution < 1.29 is 27.1 Å². The van der Waals surface area contributed by atoms with Crippen LogP contribution in [0.4, 0.5) is 10.1 Å². The van der Waals surface area contributed by atoms with E-state index in [1.54, 1.807) is 54.6 Å². The van der Waals surface area contributed by atoms with Crippen LogP contribution in [-0.2, 0) is 32.6 Å². The van der Waals surface area contributed by atoms with Gasteiger partial charge in [-0.15, -0.1) is 0 Å². The molecular weight excluding hydrogens is 593 g/mol. The largest absolute Gasteiger partial charge is 0.495 e. The van der Waals surface area contributed by atoms with Crippen molar-refractivity contribution in [1.82, 2.24) is 10.2 Å². The Balaban J connectivity index is 1.84. The average Bonchev–Trinajstić information content (AvgIpc) is 3.06. The number of nitrogens with one attached hydrogen (secondary N) is 1. The fourth-order valence-electron chi connectivity index (χ4n) is 4.87. The minimum atomic E-state index is -4.29. The van der Waals surface area contributed by atoms with Crippen LogP contribution in [0.15, 0.2) is 114 Å². The number of halogens is 1. The topological polar surface area (TPSA) is 96.0 Å². The average molecular weight is 632 g/mol. The fraction of sp³-hybridized carbons (Fsp3) is 0.257. The first kappa shape index (κ1) is 33.2. The minimum Gasteiger partial charge on any atom is -0.495 e. The summed E-state index contributed by atoms with van der Waals surface area (Å²) in [6.45, 7) is 2.85. The first-order chi connectivity index (χ1) is 21.6. The summed E-state index contributed by atoms with van der Waals surface area (Å²) in [7, 11) is -2.88. The van der Waals surface area contributed by atoms with Crippen LogP contribution in [0.25, 0.3) is 0 Å². The summed E-state index contributed by atoms with van der Waals surface area (Å²) < 4.78 is 49.7. The molecule has 0 aliphatic heterocycles. The van der Waals surface area contributed by atoms with E-state index in [2.05, 4.69) is 5.32 Å². The number of ether oxygens (including phenoxy) is 1. The lowest BCUT2D eigenvalue weighted by molar-refractivity contribution is -0.140. The number of methoxy groups -OCH3 is 1. The van der Waals surface area contributed by atoms with E-state index in [0.717, 1.165) is 9.87 Å². The molecule has 0 bridgehead atoms. The molecule has 1 N–H and O–H groups in total. The molecule has 0 aliphatic carbocycles. The van der Waals surface area contributed by atoms with Gasteiger partial charge in [0.05, 0.1) is 17.7 Å². The summed E-state index contributed by atoms with van der Waals surface area (Å²) in [5.41, 5.74) is 1.12. The molecule has 0 heterocycles. The van der Waals surface area contributed by atoms with Gasteiger partial charge in [-0.05, 0) is 49.2 Å². The number of rotatable bonds is 14. The maximum atomic E-state index is 15.0. The molecule has 2 atom stereocenters. The molecule has 0 fully saturated rings. The van der Waals surface area contributed by atoms with Crippen molar-refractivity contribution in [2.24, 2.45) is 0 Å². The van der Waals surface area contributed by atoms with E-state index in [0.29, 0.717) is 6.42 Å². The van der Waals surface area contributed by atoms with Crippen LogP contribution in [0.1, 0.15) is 31.4 Å². The van der Waals surface area contributed by atoms with Gasteiger partial charge in [-0.2, -0.15) is 0 Å². The van der Waals surface area contributed by atoms with E-state index >= 15 is 4.39 Å². The summed E-state index contributed by atoms with van der Waals surface area (Å²) in [6, 6.07) is 28.2. The molecule has 2 amide bonds. The van der Waals surface area contributed by atoms with Gasteiger partial charge in [0, 0.05) is 24.6 Å². The predicted octanol–water partition coefficient (Wildman–Crippen LogP) is 5.58. The van der Waals surface area contributed by atoms with Crippen LogP contribution in [0, 0.1) is 5.82 Å². The van der Waals surface area contributed by atoms with Crippen molar-refractivity contribution in [3.05, 3.63) is 126 Å². The zero-order valence-corrected chi connectivity index (χ0v) is 26.4. The summed E-state index contributed by atoms with van der Waals surface area (Å²) in [6.07, 6.45) is 0.783. The number of hydrogen-bond donors (Lipinski definition) is 1. The van der Waals surface area contributed by atoms with Crippen molar-refractivity contribution >= 4 is 27.5 Å². The normalized spacial score (nSPS) is 12.5. The van der Waals surface area contributed by atoms with Gasteiger partial charge in [0.1, 0.15) is 24.2 Å². The smallest absolute Gasteiger partial charge is 0.264 e. The summed E-state index contributed by atoms with van der Waals surface area (Å²) in [5, 5.41) is 2.97. The first-order valence-electron chi connectivity index (χ1n) is 14.7. The molecule has 4 aromatic rings. The number of para-hydroxylation sites is 2. The molecule has 4 aromatic carbocycles. The van der Waals surface area contributed by atoms with Crippen LogP contribution in [0.5, 0.6) is 5.75 Å². The van der Waals surface area contributed by atoms with Crippen LogP contribution in [0.3, 0.4) is 0 Å². The quantitative estimate of drug-likeness (QED) is 0.196. The molecule has 0 aliphatic rings. The molecule has 0 spiro atoms. The van der Waals surface area contributed by atoms with Crippen molar-refractivity contribution in [2.75, 3.05) is 18.0 Å². The number of anilines is 1. The lowest BCUT2D eigenvalue weighted by Crippen LogP contribution is -2.54. The Kier molecular flexibility index (Phi) is 11.3. The Morgan fingerprint density at radius 1 is 0.867 bits per heavy atom. The van der Waals surface area contributed by atoms with Crippen molar-refractivity contribution in [3.63, 3.8) is 0 Å². The SMILES string of the molecule is CCC(C)NC(=O)C(Cc1ccccc1)N(Cc1ccccc1F)C(=O)CN(c1ccccc1OC)S(=O)(=O)c1ccccc1. The van der Waals surface area contributed by atoms with E-state index in [-0.39, 0.29) is 40.9 Å². The molecule has 236 valence electrons. The lowest BCUT2D eigenvalue weighted by Gasteiger charge is -2.34. The van der Waals surface area contributed by atoms with Gasteiger partial charge in [0.25, 0.3) is 10.0 Å². The second-order valence-electron chi connectivity index (χ2n) is 10.6. The number of nitrogens with zero attached hydrogens (tertiary/aromatic N) is 2. The lowest BCUT2D eigenvalue weighted by atomic mass is 10.0. The van der Waals surface area contributed by atoms with Gasteiger partial charge in [0.15, 0.2) is 0 Å². The van der Waals surface area contributed by atoms with Gasteiger partial charge < -0.3 is 15.0 Å². The second kappa shape index (κ2) is 15.3.